The van der Waals surface area contributed by atoms with Gasteiger partial charge in [0.1, 0.15) is 11.3 Å². The second-order valence-electron chi connectivity index (χ2n) is 5.93. The van der Waals surface area contributed by atoms with Gasteiger partial charge in [-0.15, -0.1) is 0 Å². The third kappa shape index (κ3) is 2.40. The zero-order chi connectivity index (χ0) is 14.9. The molecule has 4 nitrogen and oxygen atoms in total. The van der Waals surface area contributed by atoms with Crippen LogP contribution in [-0.2, 0) is 11.2 Å². The molecule has 0 aliphatic carbocycles. The van der Waals surface area contributed by atoms with Crippen molar-refractivity contribution in [2.75, 3.05) is 13.2 Å². The lowest BCUT2D eigenvalue weighted by atomic mass is 10.1. The summed E-state index contributed by atoms with van der Waals surface area (Å²) in [7, 11) is 0. The maximum Gasteiger partial charge on any atom is 0.160 e. The number of ether oxygens (including phenoxy) is 1. The fourth-order valence-electron chi connectivity index (χ4n) is 3.22. The van der Waals surface area contributed by atoms with Crippen LogP contribution in [-0.4, -0.2) is 27.7 Å². The number of fused-ring (bicyclic) bond motifs is 1. The molecular weight excluding hydrogens is 274 g/mol. The van der Waals surface area contributed by atoms with Crippen LogP contribution in [0.5, 0.6) is 0 Å². The first-order valence-corrected chi connectivity index (χ1v) is 7.76. The van der Waals surface area contributed by atoms with Gasteiger partial charge in [-0.1, -0.05) is 29.8 Å². The fraction of sp³-hybridized carbons (Fsp3) is 0.333. The first kappa shape index (κ1) is 13.5. The highest BCUT2D eigenvalue weighted by Gasteiger charge is 2.23. The highest BCUT2D eigenvalue weighted by atomic mass is 16.5. The maximum atomic E-state index is 5.58. The highest BCUT2D eigenvalue weighted by molar-refractivity contribution is 5.71. The van der Waals surface area contributed by atoms with Crippen molar-refractivity contribution in [3.8, 4) is 0 Å². The smallest absolute Gasteiger partial charge is 0.160 e. The van der Waals surface area contributed by atoms with Gasteiger partial charge in [-0.2, -0.15) is 0 Å². The van der Waals surface area contributed by atoms with E-state index in [4.69, 9.17) is 9.72 Å². The molecule has 1 atom stereocenters. The monoisotopic (exact) mass is 293 g/mol. The van der Waals surface area contributed by atoms with Gasteiger partial charge in [-0.3, -0.25) is 0 Å². The van der Waals surface area contributed by atoms with Crippen molar-refractivity contribution in [1.82, 2.24) is 14.5 Å². The molecule has 0 N–H and O–H groups in total. The van der Waals surface area contributed by atoms with Crippen molar-refractivity contribution in [3.63, 3.8) is 0 Å². The number of imidazole rings is 1. The summed E-state index contributed by atoms with van der Waals surface area (Å²) in [6.45, 7) is 3.70. The molecule has 2 aromatic heterocycles. The van der Waals surface area contributed by atoms with Gasteiger partial charge < -0.3 is 9.30 Å². The molecule has 1 aliphatic heterocycles. The topological polar surface area (TPSA) is 39.9 Å². The highest BCUT2D eigenvalue weighted by Crippen LogP contribution is 2.27. The summed E-state index contributed by atoms with van der Waals surface area (Å²) in [4.78, 5) is 9.38. The summed E-state index contributed by atoms with van der Waals surface area (Å²) in [5.41, 5.74) is 4.51. The van der Waals surface area contributed by atoms with Crippen molar-refractivity contribution in [1.29, 1.82) is 0 Å². The Hall–Kier alpha value is -2.20. The molecule has 112 valence electrons. The Labute approximate surface area is 129 Å². The fourth-order valence-corrected chi connectivity index (χ4v) is 3.22. The van der Waals surface area contributed by atoms with Gasteiger partial charge in [0.15, 0.2) is 5.65 Å². The molecule has 3 heterocycles. The molecule has 1 unspecified atom stereocenters. The average molecular weight is 293 g/mol. The quantitative estimate of drug-likeness (QED) is 0.744. The van der Waals surface area contributed by atoms with Gasteiger partial charge in [0.2, 0.25) is 0 Å². The minimum absolute atomic E-state index is 0.347. The molecule has 3 aromatic rings. The molecule has 1 aliphatic rings. The summed E-state index contributed by atoms with van der Waals surface area (Å²) in [6, 6.07) is 12.9. The summed E-state index contributed by atoms with van der Waals surface area (Å²) >= 11 is 0. The summed E-state index contributed by atoms with van der Waals surface area (Å²) in [5.74, 6) is 1.08. The van der Waals surface area contributed by atoms with E-state index in [1.165, 1.54) is 11.1 Å². The largest absolute Gasteiger partial charge is 0.379 e. The lowest BCUT2D eigenvalue weighted by molar-refractivity contribution is 0.186. The number of aryl methyl sites for hydroxylation is 1. The van der Waals surface area contributed by atoms with E-state index in [0.29, 0.717) is 6.04 Å². The van der Waals surface area contributed by atoms with Gasteiger partial charge >= 0.3 is 0 Å². The zero-order valence-corrected chi connectivity index (χ0v) is 12.7. The molecular formula is C18H19N3O. The van der Waals surface area contributed by atoms with E-state index in [0.717, 1.165) is 43.0 Å². The molecule has 1 fully saturated rings. The predicted octanol–water partition coefficient (Wildman–Crippen LogP) is 3.29. The number of aromatic nitrogens is 3. The summed E-state index contributed by atoms with van der Waals surface area (Å²) < 4.78 is 7.86. The number of hydrogen-bond acceptors (Lipinski definition) is 3. The van der Waals surface area contributed by atoms with Gasteiger partial charge in [0, 0.05) is 19.2 Å². The minimum atomic E-state index is 0.347. The van der Waals surface area contributed by atoms with E-state index >= 15 is 0 Å². The van der Waals surface area contributed by atoms with Crippen LogP contribution in [0.2, 0.25) is 0 Å². The second-order valence-corrected chi connectivity index (χ2v) is 5.93. The summed E-state index contributed by atoms with van der Waals surface area (Å²) in [6.07, 6.45) is 3.70. The molecule has 0 amide bonds. The third-order valence-corrected chi connectivity index (χ3v) is 4.24. The Morgan fingerprint density at radius 1 is 1.27 bits per heavy atom. The van der Waals surface area contributed by atoms with Gasteiger partial charge in [0.25, 0.3) is 0 Å². The van der Waals surface area contributed by atoms with Crippen molar-refractivity contribution < 1.29 is 4.74 Å². The molecule has 1 saturated heterocycles. The number of pyridine rings is 1. The predicted molar refractivity (Wildman–Crippen MR) is 86.0 cm³/mol. The maximum absolute atomic E-state index is 5.58. The van der Waals surface area contributed by atoms with Crippen LogP contribution in [0.25, 0.3) is 11.2 Å². The molecule has 22 heavy (non-hydrogen) atoms. The van der Waals surface area contributed by atoms with Gasteiger partial charge in [-0.05, 0) is 31.0 Å². The van der Waals surface area contributed by atoms with Gasteiger partial charge in [-0.25, -0.2) is 9.97 Å². The van der Waals surface area contributed by atoms with E-state index in [9.17, 15) is 0 Å². The minimum Gasteiger partial charge on any atom is -0.379 e. The Balaban J connectivity index is 1.80. The van der Waals surface area contributed by atoms with Crippen LogP contribution in [0.4, 0.5) is 0 Å². The molecule has 0 radical (unpaired) electrons. The SMILES string of the molecule is Cc1cccc(Cc2nc3cccnc3n2C2CCOC2)c1. The van der Waals surface area contributed by atoms with E-state index in [-0.39, 0.29) is 0 Å². The Kier molecular flexibility index (Phi) is 3.39. The Morgan fingerprint density at radius 3 is 3.05 bits per heavy atom. The Bertz CT molecular complexity index is 803. The molecule has 1 aromatic carbocycles. The lowest BCUT2D eigenvalue weighted by Crippen LogP contribution is -2.13. The van der Waals surface area contributed by atoms with Crippen molar-refractivity contribution in [2.45, 2.75) is 25.8 Å². The molecule has 0 saturated carbocycles. The van der Waals surface area contributed by atoms with E-state index in [1.807, 2.05) is 18.3 Å². The average Bonchev–Trinajstić information content (AvgIpc) is 3.13. The first-order chi connectivity index (χ1) is 10.8. The normalized spacial score (nSPS) is 18.1. The molecule has 4 rings (SSSR count). The number of hydrogen-bond donors (Lipinski definition) is 0. The van der Waals surface area contributed by atoms with Crippen LogP contribution in [0, 0.1) is 6.92 Å². The molecule has 4 heteroatoms. The van der Waals surface area contributed by atoms with Gasteiger partial charge in [0.05, 0.1) is 12.6 Å². The van der Waals surface area contributed by atoms with Crippen LogP contribution in [0.3, 0.4) is 0 Å². The lowest BCUT2D eigenvalue weighted by Gasteiger charge is -2.14. The van der Waals surface area contributed by atoms with Crippen molar-refractivity contribution >= 4 is 11.2 Å². The van der Waals surface area contributed by atoms with E-state index in [2.05, 4.69) is 40.7 Å². The van der Waals surface area contributed by atoms with Crippen LogP contribution in [0.1, 0.15) is 29.4 Å². The van der Waals surface area contributed by atoms with Crippen LogP contribution >= 0.6 is 0 Å². The summed E-state index contributed by atoms with van der Waals surface area (Å²) in [5, 5.41) is 0. The number of benzene rings is 1. The van der Waals surface area contributed by atoms with E-state index in [1.54, 1.807) is 0 Å². The number of nitrogens with zero attached hydrogens (tertiary/aromatic N) is 3. The van der Waals surface area contributed by atoms with Crippen LogP contribution in [0.15, 0.2) is 42.6 Å². The van der Waals surface area contributed by atoms with Crippen LogP contribution < -0.4 is 0 Å². The number of rotatable bonds is 3. The molecule has 0 spiro atoms. The zero-order valence-electron chi connectivity index (χ0n) is 12.7. The van der Waals surface area contributed by atoms with Crippen molar-refractivity contribution in [3.05, 3.63) is 59.5 Å². The van der Waals surface area contributed by atoms with E-state index < -0.39 is 0 Å². The first-order valence-electron chi connectivity index (χ1n) is 7.76. The standard InChI is InChI=1S/C18H19N3O/c1-13-4-2-5-14(10-13)11-17-20-16-6-3-8-19-18(16)21(17)15-7-9-22-12-15/h2-6,8,10,15H,7,9,11-12H2,1H3. The van der Waals surface area contributed by atoms with Crippen molar-refractivity contribution in [2.24, 2.45) is 0 Å². The molecule has 0 bridgehead atoms. The third-order valence-electron chi connectivity index (χ3n) is 4.24. The Morgan fingerprint density at radius 2 is 2.23 bits per heavy atom. The second kappa shape index (κ2) is 5.54.